The van der Waals surface area contributed by atoms with Crippen molar-refractivity contribution in [1.29, 1.82) is 0 Å². The van der Waals surface area contributed by atoms with E-state index in [1.807, 2.05) is 6.07 Å². The topological polar surface area (TPSA) is 63.2 Å². The molecule has 106 valence electrons. The monoisotopic (exact) mass is 310 g/mol. The fraction of sp³-hybridized carbons (Fsp3) is 0. The Morgan fingerprint density at radius 2 is 1.45 bits per heavy atom. The summed E-state index contributed by atoms with van der Waals surface area (Å²) in [5, 5.41) is 1.22. The summed E-state index contributed by atoms with van der Waals surface area (Å²) >= 11 is 5.02. The summed E-state index contributed by atoms with van der Waals surface area (Å²) in [6.45, 7) is 0. The Bertz CT molecular complexity index is 920. The molecule has 3 heterocycles. The second kappa shape index (κ2) is 4.61. The maximum atomic E-state index is 12.4. The first kappa shape index (κ1) is 12.9. The van der Waals surface area contributed by atoms with Crippen LogP contribution < -0.4 is 4.90 Å². The number of hydrogen-bond acceptors (Lipinski definition) is 4. The molecular weight excluding hydrogens is 302 g/mol. The van der Waals surface area contributed by atoms with Crippen LogP contribution in [0, 0.1) is 11.6 Å². The number of nitrogens with zero attached hydrogens (tertiary/aromatic N) is 3. The lowest BCUT2D eigenvalue weighted by Gasteiger charge is -2.12. The van der Waals surface area contributed by atoms with Gasteiger partial charge in [-0.2, -0.15) is 4.98 Å². The van der Waals surface area contributed by atoms with E-state index in [-0.39, 0.29) is 17.6 Å². The third-order valence-corrected chi connectivity index (χ3v) is 3.76. The van der Waals surface area contributed by atoms with Gasteiger partial charge in [0.1, 0.15) is 5.82 Å². The van der Waals surface area contributed by atoms with Gasteiger partial charge in [-0.05, 0) is 30.3 Å². The van der Waals surface area contributed by atoms with Gasteiger partial charge in [-0.3, -0.25) is 9.59 Å². The number of carbonyl (C=O) groups is 2. The lowest BCUT2D eigenvalue weighted by Crippen LogP contribution is -2.30. The maximum absolute atomic E-state index is 12.4. The Balaban J connectivity index is 1.86. The number of aromatic nitrogens is 2. The minimum Gasteiger partial charge on any atom is -0.268 e. The van der Waals surface area contributed by atoms with Crippen molar-refractivity contribution in [3.63, 3.8) is 0 Å². The van der Waals surface area contributed by atoms with Gasteiger partial charge in [0, 0.05) is 11.5 Å². The van der Waals surface area contributed by atoms with Crippen LogP contribution in [-0.4, -0.2) is 21.8 Å². The normalized spacial score (nSPS) is 13.8. The number of halogens is 1. The number of amides is 2. The summed E-state index contributed by atoms with van der Waals surface area (Å²) in [4.78, 5) is 34.4. The Kier molecular flexibility index (Phi) is 2.71. The van der Waals surface area contributed by atoms with Crippen LogP contribution in [0.2, 0.25) is 5.15 Å². The molecule has 4 rings (SSSR count). The average molecular weight is 311 g/mol. The van der Waals surface area contributed by atoms with E-state index in [4.69, 9.17) is 11.6 Å². The first-order valence-corrected chi connectivity index (χ1v) is 6.98. The Morgan fingerprint density at radius 1 is 0.818 bits per heavy atom. The van der Waals surface area contributed by atoms with Crippen molar-refractivity contribution in [2.75, 3.05) is 4.90 Å². The largest absolute Gasteiger partial charge is 0.320 e. The lowest BCUT2D eigenvalue weighted by atomic mass is 10.1. The second-order valence-corrected chi connectivity index (χ2v) is 5.28. The Morgan fingerprint density at radius 3 is 2.14 bits per heavy atom. The zero-order valence-electron chi connectivity index (χ0n) is 11.2. The first-order chi connectivity index (χ1) is 10.6. The summed E-state index contributed by atoms with van der Waals surface area (Å²) < 4.78 is 0. The van der Waals surface area contributed by atoms with Crippen molar-refractivity contribution in [2.45, 2.75) is 0 Å². The molecule has 0 fully saturated rings. The summed E-state index contributed by atoms with van der Waals surface area (Å²) in [6, 6.07) is 13.6. The second-order valence-electron chi connectivity index (χ2n) is 4.86. The molecule has 0 unspecified atom stereocenters. The molecular formula is C16H9ClN3O2+. The van der Waals surface area contributed by atoms with Crippen molar-refractivity contribution in [1.82, 2.24) is 9.97 Å². The molecule has 0 bridgehead atoms. The van der Waals surface area contributed by atoms with E-state index >= 15 is 0 Å². The molecule has 1 aliphatic heterocycles. The van der Waals surface area contributed by atoms with Crippen molar-refractivity contribution >= 4 is 28.7 Å². The maximum Gasteiger partial charge on any atom is 0.320 e. The molecule has 2 amide bonds. The van der Waals surface area contributed by atoms with E-state index in [1.165, 1.54) is 0 Å². The van der Waals surface area contributed by atoms with Crippen LogP contribution in [0.4, 0.5) is 5.82 Å². The predicted molar refractivity (Wildman–Crippen MR) is 77.7 cm³/mol. The molecule has 3 aromatic rings. The third-order valence-electron chi connectivity index (χ3n) is 3.54. The van der Waals surface area contributed by atoms with Crippen molar-refractivity contribution in [3.8, 4) is 0 Å². The highest BCUT2D eigenvalue weighted by Gasteiger charge is 2.37. The molecule has 2 aromatic heterocycles. The van der Waals surface area contributed by atoms with E-state index in [2.05, 4.69) is 9.97 Å². The zero-order valence-corrected chi connectivity index (χ0v) is 12.0. The number of imide groups is 1. The number of fused-ring (bicyclic) bond motifs is 2. The van der Waals surface area contributed by atoms with E-state index in [1.54, 1.807) is 42.5 Å². The van der Waals surface area contributed by atoms with Crippen molar-refractivity contribution in [2.24, 2.45) is 0 Å². The fourth-order valence-corrected chi connectivity index (χ4v) is 2.65. The summed E-state index contributed by atoms with van der Waals surface area (Å²) in [6.07, 6.45) is 0. The average Bonchev–Trinajstić information content (AvgIpc) is 2.79. The highest BCUT2D eigenvalue weighted by molar-refractivity contribution is 6.34. The highest BCUT2D eigenvalue weighted by atomic mass is 35.5. The quantitative estimate of drug-likeness (QED) is 0.510. The molecule has 0 saturated heterocycles. The number of hydrogen-bond donors (Lipinski definition) is 0. The minimum absolute atomic E-state index is 0.256. The zero-order chi connectivity index (χ0) is 15.3. The Labute approximate surface area is 130 Å². The molecule has 1 aromatic carbocycles. The SMILES string of the molecule is O=C1c2ccccc2C(=O)N1c1ccc2ccc([ClH+])nc2n1. The third kappa shape index (κ3) is 1.79. The van der Waals surface area contributed by atoms with Crippen LogP contribution in [0.3, 0.4) is 0 Å². The van der Waals surface area contributed by atoms with Crippen LogP contribution in [0.15, 0.2) is 48.5 Å². The molecule has 0 spiro atoms. The molecule has 22 heavy (non-hydrogen) atoms. The van der Waals surface area contributed by atoms with Crippen LogP contribution in [0.1, 0.15) is 20.7 Å². The van der Waals surface area contributed by atoms with Crippen LogP contribution in [0.5, 0.6) is 0 Å². The number of benzene rings is 1. The molecule has 0 atom stereocenters. The summed E-state index contributed by atoms with van der Waals surface area (Å²) in [5.41, 5.74) is 1.19. The number of rotatable bonds is 1. The van der Waals surface area contributed by atoms with Crippen LogP contribution in [-0.2, 0) is 0 Å². The minimum atomic E-state index is -0.373. The van der Waals surface area contributed by atoms with E-state index in [9.17, 15) is 9.59 Å². The van der Waals surface area contributed by atoms with Gasteiger partial charge in [0.15, 0.2) is 17.2 Å². The molecule has 0 radical (unpaired) electrons. The summed E-state index contributed by atoms with van der Waals surface area (Å²) in [5.74, 6) is -0.490. The molecule has 0 saturated carbocycles. The summed E-state index contributed by atoms with van der Waals surface area (Å²) in [7, 11) is 0. The smallest absolute Gasteiger partial charge is 0.268 e. The van der Waals surface area contributed by atoms with Crippen molar-refractivity contribution in [3.05, 3.63) is 64.8 Å². The van der Waals surface area contributed by atoms with E-state index < -0.39 is 0 Å². The predicted octanol–water partition coefficient (Wildman–Crippen LogP) is 2.13. The molecule has 0 aliphatic carbocycles. The number of pyridine rings is 2. The standard InChI is InChI=1S/C16H9ClN3O2/c17-12-7-5-9-6-8-13(19-14(9)18-12)20-15(21)10-3-1-2-4-11(10)16(20)22/h1-8,17H/q+1. The van der Waals surface area contributed by atoms with Crippen LogP contribution >= 0.6 is 0 Å². The molecule has 6 heteroatoms. The van der Waals surface area contributed by atoms with Gasteiger partial charge < -0.3 is 0 Å². The molecule has 5 nitrogen and oxygen atoms in total. The number of carbonyl (C=O) groups excluding carboxylic acids is 2. The van der Waals surface area contributed by atoms with Gasteiger partial charge in [-0.15, -0.1) is 0 Å². The Hall–Kier alpha value is -2.79. The van der Waals surface area contributed by atoms with Gasteiger partial charge in [0.25, 0.3) is 11.8 Å². The van der Waals surface area contributed by atoms with E-state index in [0.29, 0.717) is 21.9 Å². The van der Waals surface area contributed by atoms with Gasteiger partial charge in [0.05, 0.1) is 11.1 Å². The number of anilines is 1. The van der Waals surface area contributed by atoms with Crippen molar-refractivity contribution < 1.29 is 21.2 Å². The molecule has 0 N–H and O–H groups in total. The first-order valence-electron chi connectivity index (χ1n) is 6.58. The van der Waals surface area contributed by atoms with E-state index in [0.717, 1.165) is 10.3 Å². The van der Waals surface area contributed by atoms with Gasteiger partial charge >= 0.3 is 5.15 Å². The van der Waals surface area contributed by atoms with Crippen LogP contribution in [0.25, 0.3) is 11.0 Å². The van der Waals surface area contributed by atoms with Gasteiger partial charge in [-0.25, -0.2) is 9.88 Å². The lowest BCUT2D eigenvalue weighted by molar-refractivity contribution is -0.296. The fourth-order valence-electron chi connectivity index (χ4n) is 2.49. The molecule has 1 aliphatic rings. The van der Waals surface area contributed by atoms with Gasteiger partial charge in [-0.1, -0.05) is 12.1 Å². The van der Waals surface area contributed by atoms with Gasteiger partial charge in [0.2, 0.25) is 0 Å². The highest BCUT2D eigenvalue weighted by Crippen LogP contribution is 2.28.